The van der Waals surface area contributed by atoms with E-state index in [1.807, 2.05) is 0 Å². The molecule has 5 nitrogen and oxygen atoms in total. The first-order valence-corrected chi connectivity index (χ1v) is 8.65. The molecule has 5 heteroatoms. The maximum absolute atomic E-state index is 12.7. The second-order valence-corrected chi connectivity index (χ2v) is 6.68. The zero-order valence-corrected chi connectivity index (χ0v) is 14.2. The van der Waals surface area contributed by atoms with Gasteiger partial charge in [0, 0.05) is 22.3 Å². The van der Waals surface area contributed by atoms with Crippen LogP contribution in [0, 0.1) is 0 Å². The van der Waals surface area contributed by atoms with Crippen molar-refractivity contribution in [1.29, 1.82) is 0 Å². The Morgan fingerprint density at radius 2 is 1.15 bits per heavy atom. The lowest BCUT2D eigenvalue weighted by Crippen LogP contribution is -2.08. The van der Waals surface area contributed by atoms with Crippen molar-refractivity contribution in [3.05, 3.63) is 87.6 Å². The number of carbonyl (C=O) groups is 3. The van der Waals surface area contributed by atoms with Gasteiger partial charge in [0.1, 0.15) is 5.76 Å². The van der Waals surface area contributed by atoms with Crippen LogP contribution in [0.4, 0.5) is 0 Å². The molecule has 27 heavy (non-hydrogen) atoms. The van der Waals surface area contributed by atoms with Crippen LogP contribution in [0.1, 0.15) is 49.5 Å². The minimum atomic E-state index is -0.324. The molecule has 0 saturated heterocycles. The number of ketones is 3. The van der Waals surface area contributed by atoms with Gasteiger partial charge in [-0.2, -0.15) is 0 Å². The molecule has 0 amide bonds. The number of rotatable bonds is 1. The number of aliphatic imine (C=N–C) groups is 1. The normalized spacial score (nSPS) is 18.4. The van der Waals surface area contributed by atoms with Gasteiger partial charge in [-0.05, 0) is 12.8 Å². The Kier molecular flexibility index (Phi) is 3.15. The molecule has 5 rings (SSSR count). The van der Waals surface area contributed by atoms with Crippen molar-refractivity contribution in [1.82, 2.24) is 0 Å². The van der Waals surface area contributed by atoms with E-state index in [1.165, 1.54) is 0 Å². The minimum absolute atomic E-state index is 0.0780. The number of allylic oxidation sites excluding steroid dienone is 3. The van der Waals surface area contributed by atoms with Gasteiger partial charge in [-0.3, -0.25) is 19.4 Å². The smallest absolute Gasteiger partial charge is 0.199 e. The van der Waals surface area contributed by atoms with E-state index < -0.39 is 0 Å². The molecule has 2 aliphatic carbocycles. The highest BCUT2D eigenvalue weighted by molar-refractivity contribution is 6.40. The van der Waals surface area contributed by atoms with E-state index in [2.05, 4.69) is 4.99 Å². The fraction of sp³-hybridized carbons (Fsp3) is 0.0909. The molecule has 2 aromatic rings. The quantitative estimate of drug-likeness (QED) is 0.624. The standard InChI is InChI=1S/C22H13NO4/c24-19-11-5-1-2-6-12(11)20(25)17(19)15-9-10-16(23-15)18-21(26)13-7-3-4-8-14(13)22(18)27/h1-8,24H,9-10H2. The van der Waals surface area contributed by atoms with Gasteiger partial charge in [-0.1, -0.05) is 48.5 Å². The maximum Gasteiger partial charge on any atom is 0.199 e. The first-order valence-electron chi connectivity index (χ1n) is 8.65. The Hall–Kier alpha value is -3.60. The third-order valence-corrected chi connectivity index (χ3v) is 5.21. The highest BCUT2D eigenvalue weighted by Gasteiger charge is 2.38. The van der Waals surface area contributed by atoms with E-state index in [9.17, 15) is 19.5 Å². The number of carbonyl (C=O) groups excluding carboxylic acids is 3. The summed E-state index contributed by atoms with van der Waals surface area (Å²) in [4.78, 5) is 42.4. The Balaban J connectivity index is 1.60. The fourth-order valence-corrected chi connectivity index (χ4v) is 3.92. The van der Waals surface area contributed by atoms with Crippen molar-refractivity contribution < 1.29 is 19.5 Å². The van der Waals surface area contributed by atoms with E-state index in [0.717, 1.165) is 0 Å². The molecule has 130 valence electrons. The first-order chi connectivity index (χ1) is 13.1. The molecule has 0 saturated carbocycles. The Bertz CT molecular complexity index is 1140. The monoisotopic (exact) mass is 355 g/mol. The zero-order valence-electron chi connectivity index (χ0n) is 14.2. The molecule has 3 aliphatic rings. The van der Waals surface area contributed by atoms with E-state index in [4.69, 9.17) is 0 Å². The predicted molar refractivity (Wildman–Crippen MR) is 99.1 cm³/mol. The average Bonchev–Trinajstić information content (AvgIpc) is 3.32. The second-order valence-electron chi connectivity index (χ2n) is 6.68. The molecule has 0 fully saturated rings. The molecule has 0 bridgehead atoms. The van der Waals surface area contributed by atoms with Crippen LogP contribution in [-0.4, -0.2) is 28.2 Å². The van der Waals surface area contributed by atoms with Gasteiger partial charge in [-0.25, -0.2) is 0 Å². The number of Topliss-reactive ketones (excluding diaryl/α,β-unsaturated/α-hetero) is 3. The van der Waals surface area contributed by atoms with E-state index in [0.29, 0.717) is 46.5 Å². The summed E-state index contributed by atoms with van der Waals surface area (Å²) in [5, 5.41) is 10.5. The molecule has 1 aliphatic heterocycles. The maximum atomic E-state index is 12.7. The largest absolute Gasteiger partial charge is 0.506 e. The SMILES string of the molecule is O=C1C(=C2CCC(C3=C(O)c4ccccc4C3=O)=N2)C(=O)c2ccccc21. The highest BCUT2D eigenvalue weighted by Crippen LogP contribution is 2.37. The number of hydrogen-bond donors (Lipinski definition) is 1. The van der Waals surface area contributed by atoms with Crippen LogP contribution >= 0.6 is 0 Å². The number of benzene rings is 2. The van der Waals surface area contributed by atoms with Crippen molar-refractivity contribution in [2.45, 2.75) is 12.8 Å². The van der Waals surface area contributed by atoms with Gasteiger partial charge in [0.25, 0.3) is 0 Å². The first kappa shape index (κ1) is 15.6. The molecule has 0 atom stereocenters. The summed E-state index contributed by atoms with van der Waals surface area (Å²) >= 11 is 0. The van der Waals surface area contributed by atoms with Gasteiger partial charge < -0.3 is 5.11 Å². The molecule has 0 radical (unpaired) electrons. The summed E-state index contributed by atoms with van der Waals surface area (Å²) in [6.45, 7) is 0. The van der Waals surface area contributed by atoms with Crippen LogP contribution in [0.5, 0.6) is 0 Å². The number of fused-ring (bicyclic) bond motifs is 2. The molecule has 1 N–H and O–H groups in total. The van der Waals surface area contributed by atoms with Crippen molar-refractivity contribution in [2.24, 2.45) is 4.99 Å². The predicted octanol–water partition coefficient (Wildman–Crippen LogP) is 3.72. The Labute approximate surface area is 154 Å². The molecular weight excluding hydrogens is 342 g/mol. The van der Waals surface area contributed by atoms with Crippen LogP contribution in [0.3, 0.4) is 0 Å². The van der Waals surface area contributed by atoms with Crippen LogP contribution < -0.4 is 0 Å². The summed E-state index contributed by atoms with van der Waals surface area (Å²) in [5.74, 6) is -1.02. The third-order valence-electron chi connectivity index (χ3n) is 5.21. The van der Waals surface area contributed by atoms with Gasteiger partial charge in [-0.15, -0.1) is 0 Å². The summed E-state index contributed by atoms with van der Waals surface area (Å²) in [5.41, 5.74) is 2.76. The van der Waals surface area contributed by atoms with Crippen molar-refractivity contribution in [2.75, 3.05) is 0 Å². The number of hydrogen-bond acceptors (Lipinski definition) is 5. The van der Waals surface area contributed by atoms with E-state index >= 15 is 0 Å². The lowest BCUT2D eigenvalue weighted by atomic mass is 10.0. The van der Waals surface area contributed by atoms with E-state index in [1.54, 1.807) is 48.5 Å². The Morgan fingerprint density at radius 1 is 0.667 bits per heavy atom. The average molecular weight is 355 g/mol. The van der Waals surface area contributed by atoms with Crippen molar-refractivity contribution in [3.8, 4) is 0 Å². The summed E-state index contributed by atoms with van der Waals surface area (Å²) in [6, 6.07) is 13.5. The molecule has 2 aromatic carbocycles. The summed E-state index contributed by atoms with van der Waals surface area (Å²) < 4.78 is 0. The fourth-order valence-electron chi connectivity index (χ4n) is 3.92. The van der Waals surface area contributed by atoms with E-state index in [-0.39, 0.29) is 34.3 Å². The van der Waals surface area contributed by atoms with Gasteiger partial charge in [0.05, 0.1) is 22.6 Å². The van der Waals surface area contributed by atoms with Crippen LogP contribution in [-0.2, 0) is 0 Å². The molecule has 0 unspecified atom stereocenters. The topological polar surface area (TPSA) is 83.8 Å². The van der Waals surface area contributed by atoms with Crippen molar-refractivity contribution in [3.63, 3.8) is 0 Å². The van der Waals surface area contributed by atoms with Gasteiger partial charge in [0.2, 0.25) is 0 Å². The summed E-state index contributed by atoms with van der Waals surface area (Å²) in [6.07, 6.45) is 0.783. The molecule has 0 spiro atoms. The highest BCUT2D eigenvalue weighted by atomic mass is 16.3. The minimum Gasteiger partial charge on any atom is -0.506 e. The number of nitrogens with zero attached hydrogens (tertiary/aromatic N) is 1. The second kappa shape index (κ2) is 5.45. The lowest BCUT2D eigenvalue weighted by Gasteiger charge is -2.00. The third kappa shape index (κ3) is 2.05. The van der Waals surface area contributed by atoms with Gasteiger partial charge >= 0.3 is 0 Å². The Morgan fingerprint density at radius 3 is 1.70 bits per heavy atom. The summed E-state index contributed by atoms with van der Waals surface area (Å²) in [7, 11) is 0. The van der Waals surface area contributed by atoms with Crippen LogP contribution in [0.15, 0.2) is 70.4 Å². The van der Waals surface area contributed by atoms with Crippen molar-refractivity contribution >= 4 is 28.8 Å². The lowest BCUT2D eigenvalue weighted by molar-refractivity contribution is 0.0984. The zero-order chi connectivity index (χ0) is 18.7. The molecular formula is C22H13NO4. The number of aliphatic hydroxyl groups excluding tert-OH is 1. The van der Waals surface area contributed by atoms with Crippen LogP contribution in [0.2, 0.25) is 0 Å². The molecule has 1 heterocycles. The van der Waals surface area contributed by atoms with Gasteiger partial charge in [0.15, 0.2) is 17.3 Å². The van der Waals surface area contributed by atoms with Crippen LogP contribution in [0.25, 0.3) is 5.76 Å². The molecule has 0 aromatic heterocycles. The number of aliphatic hydroxyl groups is 1.